The Morgan fingerprint density at radius 1 is 1.53 bits per heavy atom. The number of aromatic amines is 1. The molecule has 108 valence electrons. The number of aromatic nitrogens is 3. The summed E-state index contributed by atoms with van der Waals surface area (Å²) in [6.07, 6.45) is -0.154. The number of hydrogen-bond acceptors (Lipinski definition) is 5. The second-order valence-corrected chi connectivity index (χ2v) is 5.41. The Hall–Kier alpha value is -1.47. The Bertz CT molecular complexity index is 411. The molecule has 0 bridgehead atoms. The van der Waals surface area contributed by atoms with Crippen LogP contribution in [0.2, 0.25) is 0 Å². The van der Waals surface area contributed by atoms with Crippen LogP contribution in [-0.2, 0) is 10.2 Å². The van der Waals surface area contributed by atoms with Gasteiger partial charge in [0.1, 0.15) is 5.82 Å². The zero-order chi connectivity index (χ0) is 14.5. The number of aliphatic hydroxyl groups excluding tert-OH is 1. The summed E-state index contributed by atoms with van der Waals surface area (Å²) in [5, 5.41) is 18.7. The van der Waals surface area contributed by atoms with E-state index in [0.717, 1.165) is 0 Å². The predicted octanol–water partition coefficient (Wildman–Crippen LogP) is 0.229. The molecule has 1 amide bonds. The van der Waals surface area contributed by atoms with Crippen molar-refractivity contribution < 1.29 is 14.6 Å². The normalized spacial score (nSPS) is 13.3. The third-order valence-corrected chi connectivity index (χ3v) is 2.52. The molecule has 19 heavy (non-hydrogen) atoms. The summed E-state index contributed by atoms with van der Waals surface area (Å²) in [6, 6.07) is 0. The Labute approximate surface area is 112 Å². The number of aliphatic hydroxyl groups is 1. The lowest BCUT2D eigenvalue weighted by atomic mass is 9.96. The first-order chi connectivity index (χ1) is 8.84. The standard InChI is InChI=1S/C12H22N4O3/c1-12(2,3)11-14-9(15-16-11)10(18)13-6-5-8(17)7-19-4/h8,17H,5-7H2,1-4H3,(H,13,18)(H,14,15,16). The first-order valence-corrected chi connectivity index (χ1v) is 6.22. The molecule has 1 aromatic rings. The molecular weight excluding hydrogens is 248 g/mol. The van der Waals surface area contributed by atoms with Gasteiger partial charge in [-0.25, -0.2) is 4.98 Å². The molecule has 0 saturated heterocycles. The molecule has 0 spiro atoms. The number of amides is 1. The van der Waals surface area contributed by atoms with Crippen LogP contribution in [0.5, 0.6) is 0 Å². The van der Waals surface area contributed by atoms with E-state index in [4.69, 9.17) is 4.74 Å². The number of ether oxygens (including phenoxy) is 1. The van der Waals surface area contributed by atoms with Crippen molar-refractivity contribution in [3.63, 3.8) is 0 Å². The second-order valence-electron chi connectivity index (χ2n) is 5.41. The molecule has 1 rings (SSSR count). The SMILES string of the molecule is COCC(O)CCNC(=O)c1n[nH]c(C(C)(C)C)n1. The molecule has 1 aromatic heterocycles. The van der Waals surface area contributed by atoms with Gasteiger partial charge in [-0.2, -0.15) is 0 Å². The van der Waals surface area contributed by atoms with Gasteiger partial charge in [0.2, 0.25) is 5.82 Å². The minimum atomic E-state index is -0.581. The average molecular weight is 270 g/mol. The van der Waals surface area contributed by atoms with E-state index in [1.807, 2.05) is 20.8 Å². The van der Waals surface area contributed by atoms with Crippen molar-refractivity contribution in [1.29, 1.82) is 0 Å². The minimum Gasteiger partial charge on any atom is -0.391 e. The summed E-state index contributed by atoms with van der Waals surface area (Å²) in [4.78, 5) is 15.9. The molecule has 1 heterocycles. The highest BCUT2D eigenvalue weighted by Gasteiger charge is 2.21. The third kappa shape index (κ3) is 4.96. The lowest BCUT2D eigenvalue weighted by molar-refractivity contribution is 0.0587. The number of carbonyl (C=O) groups is 1. The van der Waals surface area contributed by atoms with Crippen LogP contribution >= 0.6 is 0 Å². The number of hydrogen-bond donors (Lipinski definition) is 3. The van der Waals surface area contributed by atoms with Gasteiger partial charge in [0.25, 0.3) is 5.91 Å². The van der Waals surface area contributed by atoms with Crippen LogP contribution < -0.4 is 5.32 Å². The van der Waals surface area contributed by atoms with E-state index < -0.39 is 6.10 Å². The second kappa shape index (κ2) is 6.63. The van der Waals surface area contributed by atoms with E-state index in [0.29, 0.717) is 18.8 Å². The van der Waals surface area contributed by atoms with Crippen molar-refractivity contribution in [2.24, 2.45) is 0 Å². The highest BCUT2D eigenvalue weighted by molar-refractivity contribution is 5.90. The lowest BCUT2D eigenvalue weighted by Gasteiger charge is -2.12. The summed E-state index contributed by atoms with van der Waals surface area (Å²) in [6.45, 7) is 6.55. The molecule has 0 aliphatic carbocycles. The maximum atomic E-state index is 11.8. The number of nitrogens with one attached hydrogen (secondary N) is 2. The van der Waals surface area contributed by atoms with Gasteiger partial charge in [-0.05, 0) is 6.42 Å². The van der Waals surface area contributed by atoms with Gasteiger partial charge >= 0.3 is 0 Å². The Balaban J connectivity index is 2.44. The fourth-order valence-corrected chi connectivity index (χ4v) is 1.41. The highest BCUT2D eigenvalue weighted by atomic mass is 16.5. The number of methoxy groups -OCH3 is 1. The van der Waals surface area contributed by atoms with E-state index in [1.54, 1.807) is 0 Å². The fourth-order valence-electron chi connectivity index (χ4n) is 1.41. The molecule has 0 aliphatic rings. The smallest absolute Gasteiger partial charge is 0.290 e. The molecule has 1 atom stereocenters. The van der Waals surface area contributed by atoms with Crippen molar-refractivity contribution >= 4 is 5.91 Å². The van der Waals surface area contributed by atoms with Crippen molar-refractivity contribution in [3.8, 4) is 0 Å². The average Bonchev–Trinajstić information content (AvgIpc) is 2.78. The van der Waals surface area contributed by atoms with Gasteiger partial charge < -0.3 is 15.2 Å². The first kappa shape index (κ1) is 15.6. The predicted molar refractivity (Wildman–Crippen MR) is 69.9 cm³/mol. The van der Waals surface area contributed by atoms with Crippen molar-refractivity contribution in [1.82, 2.24) is 20.5 Å². The van der Waals surface area contributed by atoms with Crippen molar-refractivity contribution in [2.75, 3.05) is 20.3 Å². The Kier molecular flexibility index (Phi) is 5.44. The highest BCUT2D eigenvalue weighted by Crippen LogP contribution is 2.17. The van der Waals surface area contributed by atoms with Crippen LogP contribution in [0.25, 0.3) is 0 Å². The van der Waals surface area contributed by atoms with Crippen molar-refractivity contribution in [3.05, 3.63) is 11.6 Å². The molecular formula is C12H22N4O3. The zero-order valence-electron chi connectivity index (χ0n) is 11.9. The molecule has 0 aromatic carbocycles. The van der Waals surface area contributed by atoms with Gasteiger partial charge in [-0.3, -0.25) is 9.89 Å². The monoisotopic (exact) mass is 270 g/mol. The van der Waals surface area contributed by atoms with E-state index in [2.05, 4.69) is 20.5 Å². The van der Waals surface area contributed by atoms with Gasteiger partial charge in [-0.15, -0.1) is 5.10 Å². The van der Waals surface area contributed by atoms with E-state index >= 15 is 0 Å². The maximum Gasteiger partial charge on any atom is 0.290 e. The van der Waals surface area contributed by atoms with Crippen LogP contribution in [-0.4, -0.2) is 52.6 Å². The van der Waals surface area contributed by atoms with Crippen LogP contribution in [0.1, 0.15) is 43.6 Å². The summed E-state index contributed by atoms with van der Waals surface area (Å²) in [5.74, 6) is 0.430. The Morgan fingerprint density at radius 3 is 2.74 bits per heavy atom. The van der Waals surface area contributed by atoms with Gasteiger partial charge in [0, 0.05) is 19.1 Å². The fraction of sp³-hybridized carbons (Fsp3) is 0.750. The molecule has 3 N–H and O–H groups in total. The molecule has 0 aliphatic heterocycles. The van der Waals surface area contributed by atoms with Crippen LogP contribution in [0, 0.1) is 0 Å². The number of nitrogens with zero attached hydrogens (tertiary/aromatic N) is 2. The summed E-state index contributed by atoms with van der Waals surface area (Å²) < 4.78 is 4.79. The lowest BCUT2D eigenvalue weighted by Crippen LogP contribution is -2.29. The first-order valence-electron chi connectivity index (χ1n) is 6.22. The largest absolute Gasteiger partial charge is 0.391 e. The number of rotatable bonds is 6. The van der Waals surface area contributed by atoms with E-state index in [-0.39, 0.29) is 23.8 Å². The van der Waals surface area contributed by atoms with Crippen LogP contribution in [0.15, 0.2) is 0 Å². The summed E-state index contributed by atoms with van der Waals surface area (Å²) in [5.41, 5.74) is -0.180. The van der Waals surface area contributed by atoms with Gasteiger partial charge in [0.05, 0.1) is 12.7 Å². The summed E-state index contributed by atoms with van der Waals surface area (Å²) >= 11 is 0. The maximum absolute atomic E-state index is 11.8. The molecule has 7 nitrogen and oxygen atoms in total. The third-order valence-electron chi connectivity index (χ3n) is 2.52. The number of carbonyl (C=O) groups excluding carboxylic acids is 1. The van der Waals surface area contributed by atoms with Crippen molar-refractivity contribution in [2.45, 2.75) is 38.7 Å². The molecule has 0 saturated carbocycles. The molecule has 0 radical (unpaired) electrons. The molecule has 1 unspecified atom stereocenters. The minimum absolute atomic E-state index is 0.117. The zero-order valence-corrected chi connectivity index (χ0v) is 11.9. The Morgan fingerprint density at radius 2 is 2.21 bits per heavy atom. The van der Waals surface area contributed by atoms with E-state index in [1.165, 1.54) is 7.11 Å². The molecule has 7 heteroatoms. The van der Waals surface area contributed by atoms with Crippen LogP contribution in [0.3, 0.4) is 0 Å². The molecule has 0 fully saturated rings. The number of H-pyrrole nitrogens is 1. The van der Waals surface area contributed by atoms with Crippen LogP contribution in [0.4, 0.5) is 0 Å². The van der Waals surface area contributed by atoms with Gasteiger partial charge in [0.15, 0.2) is 0 Å². The topological polar surface area (TPSA) is 100 Å². The van der Waals surface area contributed by atoms with Gasteiger partial charge in [-0.1, -0.05) is 20.8 Å². The van der Waals surface area contributed by atoms with E-state index in [9.17, 15) is 9.90 Å². The quantitative estimate of drug-likeness (QED) is 0.687. The summed E-state index contributed by atoms with van der Waals surface area (Å²) in [7, 11) is 1.52.